The molecule has 2 aromatic heterocycles. The lowest BCUT2D eigenvalue weighted by Gasteiger charge is -2.13. The molecule has 124 valence electrons. The van der Waals surface area contributed by atoms with Crippen LogP contribution in [0.3, 0.4) is 0 Å². The van der Waals surface area contributed by atoms with E-state index in [1.54, 1.807) is 0 Å². The number of fused-ring (bicyclic) bond motifs is 1. The van der Waals surface area contributed by atoms with E-state index < -0.39 is 0 Å². The van der Waals surface area contributed by atoms with Crippen molar-refractivity contribution in [3.8, 4) is 11.3 Å². The summed E-state index contributed by atoms with van der Waals surface area (Å²) >= 11 is 0. The molecule has 1 fully saturated rings. The van der Waals surface area contributed by atoms with Gasteiger partial charge < -0.3 is 10.1 Å². The maximum atomic E-state index is 5.71. The number of hydrogen-bond donors (Lipinski definition) is 1. The van der Waals surface area contributed by atoms with Crippen molar-refractivity contribution in [2.75, 3.05) is 18.5 Å². The van der Waals surface area contributed by atoms with Crippen LogP contribution in [0.4, 0.5) is 5.82 Å². The number of nitrogens with one attached hydrogen (secondary N) is 1. The van der Waals surface area contributed by atoms with Gasteiger partial charge in [-0.3, -0.25) is 0 Å². The van der Waals surface area contributed by atoms with Crippen molar-refractivity contribution in [2.45, 2.75) is 32.8 Å². The average Bonchev–Trinajstić information content (AvgIpc) is 3.22. The van der Waals surface area contributed by atoms with E-state index >= 15 is 0 Å². The van der Waals surface area contributed by atoms with Gasteiger partial charge >= 0.3 is 0 Å². The Morgan fingerprint density at radius 1 is 1.25 bits per heavy atom. The molecule has 5 nitrogen and oxygen atoms in total. The summed E-state index contributed by atoms with van der Waals surface area (Å²) in [6, 6.07) is 12.3. The molecule has 0 spiro atoms. The van der Waals surface area contributed by atoms with Crippen LogP contribution in [0.5, 0.6) is 0 Å². The molecule has 5 heteroatoms. The maximum Gasteiger partial charge on any atom is 0.161 e. The molecule has 0 radical (unpaired) electrons. The lowest BCUT2D eigenvalue weighted by Crippen LogP contribution is -2.20. The molecule has 0 amide bonds. The van der Waals surface area contributed by atoms with Gasteiger partial charge in [0.05, 0.1) is 11.8 Å². The molecule has 1 N–H and O–H groups in total. The molecule has 0 saturated carbocycles. The van der Waals surface area contributed by atoms with Crippen LogP contribution >= 0.6 is 0 Å². The third-order valence-electron chi connectivity index (χ3n) is 4.53. The monoisotopic (exact) mass is 322 g/mol. The second-order valence-electron chi connectivity index (χ2n) is 6.37. The minimum atomic E-state index is 0.291. The van der Waals surface area contributed by atoms with Gasteiger partial charge in [-0.2, -0.15) is 9.61 Å². The molecule has 3 aromatic rings. The highest BCUT2D eigenvalue weighted by Crippen LogP contribution is 2.26. The minimum absolute atomic E-state index is 0.291. The van der Waals surface area contributed by atoms with Gasteiger partial charge in [0, 0.05) is 36.0 Å². The first-order valence-corrected chi connectivity index (χ1v) is 8.50. The van der Waals surface area contributed by atoms with Crippen molar-refractivity contribution < 1.29 is 4.74 Å². The third kappa shape index (κ3) is 2.76. The predicted octanol–water partition coefficient (Wildman–Crippen LogP) is 3.60. The molecular formula is C19H22N4O. The number of benzene rings is 1. The Hall–Kier alpha value is -2.40. The molecule has 0 aliphatic carbocycles. The van der Waals surface area contributed by atoms with Crippen LogP contribution in [0, 0.1) is 13.8 Å². The number of anilines is 1. The van der Waals surface area contributed by atoms with Crippen molar-refractivity contribution in [3.63, 3.8) is 0 Å². The van der Waals surface area contributed by atoms with E-state index in [0.29, 0.717) is 6.10 Å². The number of ether oxygens (including phenoxy) is 1. The third-order valence-corrected chi connectivity index (χ3v) is 4.53. The molecule has 4 rings (SSSR count). The Labute approximate surface area is 141 Å². The Balaban J connectivity index is 1.74. The molecule has 24 heavy (non-hydrogen) atoms. The number of rotatable bonds is 4. The van der Waals surface area contributed by atoms with Crippen LogP contribution in [-0.4, -0.2) is 33.9 Å². The fraction of sp³-hybridized carbons (Fsp3) is 0.368. The summed E-state index contributed by atoms with van der Waals surface area (Å²) in [5.74, 6) is 0.971. The zero-order chi connectivity index (χ0) is 16.5. The fourth-order valence-electron chi connectivity index (χ4n) is 3.26. The van der Waals surface area contributed by atoms with Gasteiger partial charge in [-0.15, -0.1) is 0 Å². The summed E-state index contributed by atoms with van der Waals surface area (Å²) in [7, 11) is 0. The minimum Gasteiger partial charge on any atom is -0.376 e. The SMILES string of the molecule is Cc1cc(NC[C@@H]2CCCO2)n2nc(-c3ccccc3)c(C)c2n1. The molecule has 1 aliphatic heterocycles. The van der Waals surface area contributed by atoms with E-state index in [9.17, 15) is 0 Å². The van der Waals surface area contributed by atoms with Gasteiger partial charge in [-0.1, -0.05) is 30.3 Å². The summed E-state index contributed by atoms with van der Waals surface area (Å²) in [5.41, 5.74) is 5.09. The largest absolute Gasteiger partial charge is 0.376 e. The summed E-state index contributed by atoms with van der Waals surface area (Å²) < 4.78 is 7.62. The van der Waals surface area contributed by atoms with E-state index in [2.05, 4.69) is 24.4 Å². The van der Waals surface area contributed by atoms with Crippen molar-refractivity contribution in [2.24, 2.45) is 0 Å². The van der Waals surface area contributed by atoms with Crippen LogP contribution in [0.15, 0.2) is 36.4 Å². The lowest BCUT2D eigenvalue weighted by atomic mass is 10.1. The molecule has 1 atom stereocenters. The van der Waals surface area contributed by atoms with Crippen LogP contribution in [-0.2, 0) is 4.74 Å². The van der Waals surface area contributed by atoms with Gasteiger partial charge in [-0.05, 0) is 26.7 Å². The summed E-state index contributed by atoms with van der Waals surface area (Å²) in [6.45, 7) is 5.78. The first-order valence-electron chi connectivity index (χ1n) is 8.50. The number of nitrogens with zero attached hydrogens (tertiary/aromatic N) is 3. The highest BCUT2D eigenvalue weighted by atomic mass is 16.5. The smallest absolute Gasteiger partial charge is 0.161 e. The number of hydrogen-bond acceptors (Lipinski definition) is 4. The van der Waals surface area contributed by atoms with E-state index in [-0.39, 0.29) is 0 Å². The highest BCUT2D eigenvalue weighted by Gasteiger charge is 2.18. The molecule has 3 heterocycles. The predicted molar refractivity (Wildman–Crippen MR) is 95.4 cm³/mol. The molecular weight excluding hydrogens is 300 g/mol. The van der Waals surface area contributed by atoms with E-state index in [1.165, 1.54) is 0 Å². The quantitative estimate of drug-likeness (QED) is 0.797. The summed E-state index contributed by atoms with van der Waals surface area (Å²) in [4.78, 5) is 4.69. The normalized spacial score (nSPS) is 17.5. The second kappa shape index (κ2) is 6.24. The Morgan fingerprint density at radius 3 is 2.83 bits per heavy atom. The summed E-state index contributed by atoms with van der Waals surface area (Å²) in [6.07, 6.45) is 2.56. The number of aromatic nitrogens is 3. The molecule has 1 aromatic carbocycles. The van der Waals surface area contributed by atoms with E-state index in [0.717, 1.165) is 60.0 Å². The van der Waals surface area contributed by atoms with Crippen LogP contribution in [0.2, 0.25) is 0 Å². The standard InChI is InChI=1S/C19H22N4O/c1-13-11-17(20-12-16-9-6-10-24-16)23-19(21-13)14(2)18(22-23)15-7-4-3-5-8-15/h3-5,7-8,11,16,20H,6,9-10,12H2,1-2H3/t16-/m0/s1. The Kier molecular flexibility index (Phi) is 3.94. The zero-order valence-electron chi connectivity index (χ0n) is 14.1. The van der Waals surface area contributed by atoms with Crippen molar-refractivity contribution in [1.82, 2.24) is 14.6 Å². The first kappa shape index (κ1) is 15.1. The zero-order valence-corrected chi connectivity index (χ0v) is 14.1. The summed E-state index contributed by atoms with van der Waals surface area (Å²) in [5, 5.41) is 8.32. The van der Waals surface area contributed by atoms with Crippen molar-refractivity contribution >= 4 is 11.5 Å². The van der Waals surface area contributed by atoms with Crippen molar-refractivity contribution in [3.05, 3.63) is 47.7 Å². The second-order valence-corrected chi connectivity index (χ2v) is 6.37. The lowest BCUT2D eigenvalue weighted by molar-refractivity contribution is 0.120. The van der Waals surface area contributed by atoms with Crippen molar-refractivity contribution in [1.29, 1.82) is 0 Å². The van der Waals surface area contributed by atoms with Crippen LogP contribution in [0.1, 0.15) is 24.1 Å². The van der Waals surface area contributed by atoms with Gasteiger partial charge in [0.1, 0.15) is 5.82 Å². The van der Waals surface area contributed by atoms with E-state index in [1.807, 2.05) is 35.7 Å². The maximum absolute atomic E-state index is 5.71. The number of aryl methyl sites for hydroxylation is 2. The topological polar surface area (TPSA) is 51.5 Å². The van der Waals surface area contributed by atoms with Gasteiger partial charge in [-0.25, -0.2) is 4.98 Å². The molecule has 0 bridgehead atoms. The van der Waals surface area contributed by atoms with Gasteiger partial charge in [0.25, 0.3) is 0 Å². The Morgan fingerprint density at radius 2 is 2.08 bits per heavy atom. The first-order chi connectivity index (χ1) is 11.7. The van der Waals surface area contributed by atoms with Crippen LogP contribution in [0.25, 0.3) is 16.9 Å². The Bertz CT molecular complexity index is 851. The van der Waals surface area contributed by atoms with Gasteiger partial charge in [0.15, 0.2) is 5.65 Å². The van der Waals surface area contributed by atoms with E-state index in [4.69, 9.17) is 14.8 Å². The highest BCUT2D eigenvalue weighted by molar-refractivity contribution is 5.71. The molecule has 0 unspecified atom stereocenters. The average molecular weight is 322 g/mol. The van der Waals surface area contributed by atoms with Gasteiger partial charge in [0.2, 0.25) is 0 Å². The molecule has 1 saturated heterocycles. The van der Waals surface area contributed by atoms with Crippen LogP contribution < -0.4 is 5.32 Å². The fourth-order valence-corrected chi connectivity index (χ4v) is 3.26. The molecule has 1 aliphatic rings.